The topological polar surface area (TPSA) is 43.7 Å². The Morgan fingerprint density at radius 2 is 2.00 bits per heavy atom. The highest BCUT2D eigenvalue weighted by atomic mass is 16.3. The van der Waals surface area contributed by atoms with Crippen LogP contribution in [0.25, 0.3) is 0 Å². The van der Waals surface area contributed by atoms with Crippen LogP contribution in [0.15, 0.2) is 18.2 Å². The van der Waals surface area contributed by atoms with Crippen LogP contribution in [0.2, 0.25) is 0 Å². The van der Waals surface area contributed by atoms with E-state index >= 15 is 0 Å². The van der Waals surface area contributed by atoms with Crippen LogP contribution in [0.3, 0.4) is 0 Å². The lowest BCUT2D eigenvalue weighted by Gasteiger charge is -2.41. The molecule has 0 unspecified atom stereocenters. The summed E-state index contributed by atoms with van der Waals surface area (Å²) in [5.41, 5.74) is 2.06. The van der Waals surface area contributed by atoms with Crippen molar-refractivity contribution in [1.82, 2.24) is 4.90 Å². The van der Waals surface area contributed by atoms with Gasteiger partial charge in [0.05, 0.1) is 6.61 Å². The van der Waals surface area contributed by atoms with Gasteiger partial charge in [-0.3, -0.25) is 0 Å². The van der Waals surface area contributed by atoms with Gasteiger partial charge >= 0.3 is 0 Å². The van der Waals surface area contributed by atoms with E-state index in [1.54, 1.807) is 6.07 Å². The van der Waals surface area contributed by atoms with Gasteiger partial charge in [-0.25, -0.2) is 0 Å². The SMILES string of the molecule is CN(C)Cc1cc(C2(CO)CCC2)ccc1O. The molecule has 0 atom stereocenters. The molecule has 0 heterocycles. The maximum Gasteiger partial charge on any atom is 0.120 e. The Morgan fingerprint density at radius 3 is 2.47 bits per heavy atom. The van der Waals surface area contributed by atoms with Gasteiger partial charge in [0.25, 0.3) is 0 Å². The maximum atomic E-state index is 9.82. The fourth-order valence-electron chi connectivity index (χ4n) is 2.52. The highest BCUT2D eigenvalue weighted by Crippen LogP contribution is 2.44. The number of hydrogen-bond donors (Lipinski definition) is 2. The van der Waals surface area contributed by atoms with E-state index in [1.807, 2.05) is 31.1 Å². The molecular formula is C14H21NO2. The number of aliphatic hydroxyl groups excluding tert-OH is 1. The first kappa shape index (κ1) is 12.4. The third kappa shape index (κ3) is 2.31. The second-order valence-electron chi connectivity index (χ2n) is 5.37. The lowest BCUT2D eigenvalue weighted by Crippen LogP contribution is -2.38. The van der Waals surface area contributed by atoms with E-state index in [2.05, 4.69) is 0 Å². The summed E-state index contributed by atoms with van der Waals surface area (Å²) in [5.74, 6) is 0.342. The lowest BCUT2D eigenvalue weighted by molar-refractivity contribution is 0.120. The molecule has 1 aliphatic carbocycles. The predicted molar refractivity (Wildman–Crippen MR) is 68.1 cm³/mol. The van der Waals surface area contributed by atoms with Crippen molar-refractivity contribution >= 4 is 0 Å². The Balaban J connectivity index is 2.30. The summed E-state index contributed by atoms with van der Waals surface area (Å²) in [6, 6.07) is 5.75. The molecule has 0 bridgehead atoms. The summed E-state index contributed by atoms with van der Waals surface area (Å²) >= 11 is 0. The number of aromatic hydroxyl groups is 1. The zero-order valence-corrected chi connectivity index (χ0v) is 10.6. The van der Waals surface area contributed by atoms with Crippen molar-refractivity contribution in [3.63, 3.8) is 0 Å². The zero-order valence-electron chi connectivity index (χ0n) is 10.6. The number of phenols is 1. The summed E-state index contributed by atoms with van der Waals surface area (Å²) < 4.78 is 0. The molecule has 0 saturated heterocycles. The molecule has 17 heavy (non-hydrogen) atoms. The van der Waals surface area contributed by atoms with Gasteiger partial charge in [0, 0.05) is 17.5 Å². The molecule has 1 saturated carbocycles. The minimum Gasteiger partial charge on any atom is -0.508 e. The summed E-state index contributed by atoms with van der Waals surface area (Å²) in [5, 5.41) is 19.4. The smallest absolute Gasteiger partial charge is 0.120 e. The molecule has 0 amide bonds. The van der Waals surface area contributed by atoms with E-state index in [9.17, 15) is 10.2 Å². The van der Waals surface area contributed by atoms with E-state index in [0.717, 1.165) is 24.9 Å². The third-order valence-electron chi connectivity index (χ3n) is 3.79. The first-order valence-corrected chi connectivity index (χ1v) is 6.15. The van der Waals surface area contributed by atoms with Crippen LogP contribution >= 0.6 is 0 Å². The average Bonchev–Trinajstić information content (AvgIpc) is 2.21. The Bertz CT molecular complexity index is 392. The summed E-state index contributed by atoms with van der Waals surface area (Å²) in [4.78, 5) is 2.03. The maximum absolute atomic E-state index is 9.82. The van der Waals surface area contributed by atoms with Crippen LogP contribution in [0, 0.1) is 0 Å². The van der Waals surface area contributed by atoms with Gasteiger partial charge in [-0.2, -0.15) is 0 Å². The molecule has 1 fully saturated rings. The second-order valence-corrected chi connectivity index (χ2v) is 5.37. The zero-order chi connectivity index (χ0) is 12.5. The lowest BCUT2D eigenvalue weighted by atomic mass is 9.65. The number of nitrogens with zero attached hydrogens (tertiary/aromatic N) is 1. The first-order valence-electron chi connectivity index (χ1n) is 6.15. The Labute approximate surface area is 103 Å². The number of phenolic OH excluding ortho intramolecular Hbond substituents is 1. The van der Waals surface area contributed by atoms with Crippen molar-refractivity contribution in [3.05, 3.63) is 29.3 Å². The first-order chi connectivity index (χ1) is 8.07. The highest BCUT2D eigenvalue weighted by Gasteiger charge is 2.38. The van der Waals surface area contributed by atoms with Crippen LogP contribution < -0.4 is 0 Å². The molecule has 2 rings (SSSR count). The van der Waals surface area contributed by atoms with E-state index in [4.69, 9.17) is 0 Å². The third-order valence-corrected chi connectivity index (χ3v) is 3.79. The van der Waals surface area contributed by atoms with Gasteiger partial charge in [0.2, 0.25) is 0 Å². The molecule has 3 heteroatoms. The van der Waals surface area contributed by atoms with Crippen molar-refractivity contribution in [1.29, 1.82) is 0 Å². The van der Waals surface area contributed by atoms with Crippen LogP contribution in [-0.2, 0) is 12.0 Å². The number of rotatable bonds is 4. The van der Waals surface area contributed by atoms with Gasteiger partial charge in [0.1, 0.15) is 5.75 Å². The molecule has 3 nitrogen and oxygen atoms in total. The molecule has 1 aliphatic rings. The predicted octanol–water partition coefficient (Wildman–Crippen LogP) is 1.87. The summed E-state index contributed by atoms with van der Waals surface area (Å²) in [6.07, 6.45) is 3.29. The summed E-state index contributed by atoms with van der Waals surface area (Å²) in [6.45, 7) is 0.931. The van der Waals surface area contributed by atoms with E-state index < -0.39 is 0 Å². The minimum absolute atomic E-state index is 0.0469. The van der Waals surface area contributed by atoms with Crippen molar-refractivity contribution in [2.24, 2.45) is 0 Å². The second kappa shape index (κ2) is 4.67. The van der Waals surface area contributed by atoms with Crippen molar-refractivity contribution in [2.75, 3.05) is 20.7 Å². The fraction of sp³-hybridized carbons (Fsp3) is 0.571. The van der Waals surface area contributed by atoms with E-state index in [-0.39, 0.29) is 12.0 Å². The van der Waals surface area contributed by atoms with Crippen molar-refractivity contribution < 1.29 is 10.2 Å². The fourth-order valence-corrected chi connectivity index (χ4v) is 2.52. The van der Waals surface area contributed by atoms with Gasteiger partial charge < -0.3 is 15.1 Å². The molecule has 1 aromatic rings. The molecule has 0 radical (unpaired) electrons. The summed E-state index contributed by atoms with van der Waals surface area (Å²) in [7, 11) is 3.97. The van der Waals surface area contributed by atoms with Gasteiger partial charge in [0.15, 0.2) is 0 Å². The number of aliphatic hydroxyl groups is 1. The quantitative estimate of drug-likeness (QED) is 0.837. The molecule has 94 valence electrons. The molecule has 1 aromatic carbocycles. The number of benzene rings is 1. The number of hydrogen-bond acceptors (Lipinski definition) is 3. The molecule has 0 spiro atoms. The van der Waals surface area contributed by atoms with Crippen LogP contribution in [0.1, 0.15) is 30.4 Å². The highest BCUT2D eigenvalue weighted by molar-refractivity contribution is 5.40. The Kier molecular flexibility index (Phi) is 3.40. The van der Waals surface area contributed by atoms with Gasteiger partial charge in [-0.05, 0) is 38.6 Å². The normalized spacial score (nSPS) is 18.1. The largest absolute Gasteiger partial charge is 0.508 e. The van der Waals surface area contributed by atoms with Gasteiger partial charge in [-0.15, -0.1) is 0 Å². The Hall–Kier alpha value is -1.06. The van der Waals surface area contributed by atoms with Gasteiger partial charge in [-0.1, -0.05) is 18.6 Å². The molecule has 0 aliphatic heterocycles. The Morgan fingerprint density at radius 1 is 1.29 bits per heavy atom. The van der Waals surface area contributed by atoms with Crippen LogP contribution in [0.4, 0.5) is 0 Å². The van der Waals surface area contributed by atoms with E-state index in [1.165, 1.54) is 12.0 Å². The standard InChI is InChI=1S/C14H21NO2/c1-15(2)9-11-8-12(4-5-13(11)17)14(10-16)6-3-7-14/h4-5,8,16-17H,3,6-7,9-10H2,1-2H3. The molecule has 0 aromatic heterocycles. The molecular weight excluding hydrogens is 214 g/mol. The monoisotopic (exact) mass is 235 g/mol. The van der Waals surface area contributed by atoms with Crippen LogP contribution in [0.5, 0.6) is 5.75 Å². The molecule has 2 N–H and O–H groups in total. The van der Waals surface area contributed by atoms with Crippen molar-refractivity contribution in [2.45, 2.75) is 31.2 Å². The average molecular weight is 235 g/mol. The van der Waals surface area contributed by atoms with Crippen LogP contribution in [-0.4, -0.2) is 35.8 Å². The minimum atomic E-state index is -0.0469. The van der Waals surface area contributed by atoms with E-state index in [0.29, 0.717) is 5.75 Å². The van der Waals surface area contributed by atoms with Crippen molar-refractivity contribution in [3.8, 4) is 5.75 Å².